The topological polar surface area (TPSA) is 120 Å². The van der Waals surface area contributed by atoms with Gasteiger partial charge in [0.05, 0.1) is 30.3 Å². The van der Waals surface area contributed by atoms with Crippen molar-refractivity contribution in [3.63, 3.8) is 0 Å². The van der Waals surface area contributed by atoms with Gasteiger partial charge in [-0.25, -0.2) is 14.6 Å². The Morgan fingerprint density at radius 3 is 2.58 bits per heavy atom. The number of oxazole rings is 1. The number of aromatic nitrogens is 1. The quantitative estimate of drug-likeness (QED) is 0.507. The maximum Gasteiger partial charge on any atom is 0.338 e. The predicted octanol–water partition coefficient (Wildman–Crippen LogP) is 3.17. The molecule has 0 saturated carbocycles. The molecule has 0 unspecified atom stereocenters. The van der Waals surface area contributed by atoms with E-state index >= 15 is 0 Å². The van der Waals surface area contributed by atoms with E-state index < -0.39 is 24.0 Å². The number of fused-ring (bicyclic) bond motifs is 1. The fourth-order valence-corrected chi connectivity index (χ4v) is 3.54. The molecule has 2 amide bonds. The fourth-order valence-electron chi connectivity index (χ4n) is 3.54. The van der Waals surface area contributed by atoms with Crippen molar-refractivity contribution in [2.75, 3.05) is 13.2 Å². The van der Waals surface area contributed by atoms with Gasteiger partial charge in [-0.05, 0) is 24.6 Å². The van der Waals surface area contributed by atoms with Crippen LogP contribution in [0.5, 0.6) is 0 Å². The molecule has 9 heteroatoms. The second-order valence-electron chi connectivity index (χ2n) is 7.29. The lowest BCUT2D eigenvalue weighted by Gasteiger charge is -2.29. The van der Waals surface area contributed by atoms with Crippen LogP contribution < -0.4 is 10.6 Å². The summed E-state index contributed by atoms with van der Waals surface area (Å²) in [5, 5.41) is 5.30. The molecule has 2 aromatic carbocycles. The van der Waals surface area contributed by atoms with Crippen molar-refractivity contribution in [1.82, 2.24) is 15.6 Å². The van der Waals surface area contributed by atoms with Gasteiger partial charge in [-0.15, -0.1) is 0 Å². The number of ether oxygens (including phenoxy) is 2. The zero-order valence-electron chi connectivity index (χ0n) is 18.0. The fraction of sp³-hybridized carbons (Fsp3) is 0.250. The molecule has 1 aliphatic heterocycles. The first kappa shape index (κ1) is 22.1. The average Bonchev–Trinajstić information content (AvgIpc) is 3.25. The van der Waals surface area contributed by atoms with Crippen LogP contribution in [-0.2, 0) is 25.5 Å². The molecule has 1 aromatic heterocycles. The van der Waals surface area contributed by atoms with Crippen molar-refractivity contribution in [3.8, 4) is 0 Å². The van der Waals surface area contributed by atoms with Gasteiger partial charge in [0.25, 0.3) is 0 Å². The van der Waals surface area contributed by atoms with Gasteiger partial charge in [0.15, 0.2) is 11.5 Å². The monoisotopic (exact) mass is 449 g/mol. The average molecular weight is 449 g/mol. The first-order chi connectivity index (χ1) is 16.0. The summed E-state index contributed by atoms with van der Waals surface area (Å²) in [6, 6.07) is 15.1. The maximum atomic E-state index is 12.7. The highest BCUT2D eigenvalue weighted by Gasteiger charge is 2.34. The lowest BCUT2D eigenvalue weighted by Crippen LogP contribution is -2.47. The number of carbonyl (C=O) groups excluding carboxylic acids is 3. The second-order valence-corrected chi connectivity index (χ2v) is 7.29. The van der Waals surface area contributed by atoms with E-state index in [9.17, 15) is 14.4 Å². The maximum absolute atomic E-state index is 12.7. The second kappa shape index (κ2) is 9.99. The summed E-state index contributed by atoms with van der Waals surface area (Å²) in [6.45, 7) is 1.57. The molecule has 170 valence electrons. The van der Waals surface area contributed by atoms with Gasteiger partial charge >= 0.3 is 18.0 Å². The number of hydrogen-bond donors (Lipinski definition) is 2. The van der Waals surface area contributed by atoms with E-state index in [2.05, 4.69) is 15.6 Å². The molecule has 1 aliphatic rings. The minimum atomic E-state index is -0.729. The molecule has 2 heterocycles. The summed E-state index contributed by atoms with van der Waals surface area (Å²) >= 11 is 0. The molecule has 4 rings (SSSR count). The number of esters is 2. The number of aryl methyl sites for hydroxylation is 1. The van der Waals surface area contributed by atoms with Crippen LogP contribution in [-0.4, -0.2) is 36.2 Å². The van der Waals surface area contributed by atoms with E-state index in [1.807, 2.05) is 24.3 Å². The molecule has 33 heavy (non-hydrogen) atoms. The third kappa shape index (κ3) is 5.20. The van der Waals surface area contributed by atoms with Crippen LogP contribution in [0.4, 0.5) is 4.79 Å². The molecule has 0 radical (unpaired) electrons. The molecule has 0 saturated heterocycles. The van der Waals surface area contributed by atoms with E-state index in [1.165, 1.54) is 0 Å². The Morgan fingerprint density at radius 2 is 1.82 bits per heavy atom. The van der Waals surface area contributed by atoms with Gasteiger partial charge in [-0.2, -0.15) is 0 Å². The SMILES string of the molecule is CCOC(=O)C1=C(COC(=O)CCc2nc3ccccc3o2)NC(=O)N[C@H]1c1ccccc1. The number of rotatable bonds is 8. The van der Waals surface area contributed by atoms with Crippen molar-refractivity contribution in [3.05, 3.63) is 77.3 Å². The Bertz CT molecular complexity index is 1170. The Hall–Kier alpha value is -4.14. The van der Waals surface area contributed by atoms with Crippen molar-refractivity contribution < 1.29 is 28.3 Å². The summed E-state index contributed by atoms with van der Waals surface area (Å²) < 4.78 is 16.2. The van der Waals surface area contributed by atoms with Gasteiger partial charge in [-0.3, -0.25) is 4.79 Å². The van der Waals surface area contributed by atoms with Crippen LogP contribution in [0.1, 0.15) is 30.8 Å². The first-order valence-electron chi connectivity index (χ1n) is 10.6. The number of urea groups is 1. The highest BCUT2D eigenvalue weighted by Crippen LogP contribution is 2.28. The number of amides is 2. The summed E-state index contributed by atoms with van der Waals surface area (Å²) in [5.41, 5.74) is 2.44. The molecule has 0 fully saturated rings. The molecule has 0 spiro atoms. The normalized spacial score (nSPS) is 15.7. The molecular weight excluding hydrogens is 426 g/mol. The van der Waals surface area contributed by atoms with Crippen molar-refractivity contribution in [1.29, 1.82) is 0 Å². The molecular formula is C24H23N3O6. The summed E-state index contributed by atoms with van der Waals surface area (Å²) in [5.74, 6) is -0.688. The zero-order chi connectivity index (χ0) is 23.2. The number of nitrogens with one attached hydrogen (secondary N) is 2. The van der Waals surface area contributed by atoms with E-state index in [0.717, 1.165) is 5.52 Å². The van der Waals surface area contributed by atoms with Gasteiger partial charge < -0.3 is 24.5 Å². The van der Waals surface area contributed by atoms with Crippen LogP contribution in [0.25, 0.3) is 11.1 Å². The molecule has 3 aromatic rings. The molecule has 9 nitrogen and oxygen atoms in total. The Balaban J connectivity index is 1.47. The van der Waals surface area contributed by atoms with Gasteiger partial charge in [-0.1, -0.05) is 42.5 Å². The number of hydrogen-bond acceptors (Lipinski definition) is 7. The Kier molecular flexibility index (Phi) is 6.68. The van der Waals surface area contributed by atoms with Crippen LogP contribution >= 0.6 is 0 Å². The first-order valence-corrected chi connectivity index (χ1v) is 10.6. The van der Waals surface area contributed by atoms with E-state index in [0.29, 0.717) is 17.0 Å². The predicted molar refractivity (Wildman–Crippen MR) is 118 cm³/mol. The van der Waals surface area contributed by atoms with Crippen molar-refractivity contribution >= 4 is 29.1 Å². The molecule has 0 aliphatic carbocycles. The van der Waals surface area contributed by atoms with Gasteiger partial charge in [0, 0.05) is 6.42 Å². The van der Waals surface area contributed by atoms with Crippen LogP contribution in [0.15, 0.2) is 70.3 Å². The van der Waals surface area contributed by atoms with Gasteiger partial charge in [0.1, 0.15) is 12.1 Å². The van der Waals surface area contributed by atoms with Crippen molar-refractivity contribution in [2.45, 2.75) is 25.8 Å². The van der Waals surface area contributed by atoms with Gasteiger partial charge in [0.2, 0.25) is 0 Å². The standard InChI is InChI=1S/C24H23N3O6/c1-2-31-23(29)21-17(26-24(30)27-22(21)15-8-4-3-5-9-15)14-32-20(28)13-12-19-25-16-10-6-7-11-18(16)33-19/h3-11,22H,2,12-14H2,1H3,(H2,26,27,30)/t22-/m0/s1. The third-order valence-electron chi connectivity index (χ3n) is 5.04. The molecule has 1 atom stereocenters. The number of nitrogens with zero attached hydrogens (tertiary/aromatic N) is 1. The van der Waals surface area contributed by atoms with Crippen molar-refractivity contribution in [2.24, 2.45) is 0 Å². The minimum Gasteiger partial charge on any atom is -0.463 e. The Labute approximate surface area is 189 Å². The number of benzene rings is 2. The smallest absolute Gasteiger partial charge is 0.338 e. The lowest BCUT2D eigenvalue weighted by atomic mass is 9.95. The summed E-state index contributed by atoms with van der Waals surface area (Å²) in [7, 11) is 0. The minimum absolute atomic E-state index is 0.0309. The van der Waals surface area contributed by atoms with E-state index in [-0.39, 0.29) is 37.3 Å². The van der Waals surface area contributed by atoms with Crippen LogP contribution in [0.2, 0.25) is 0 Å². The molecule has 2 N–H and O–H groups in total. The summed E-state index contributed by atoms with van der Waals surface area (Å²) in [6.07, 6.45) is 0.293. The van der Waals surface area contributed by atoms with Crippen LogP contribution in [0, 0.1) is 0 Å². The number of carbonyl (C=O) groups is 3. The summed E-state index contributed by atoms with van der Waals surface area (Å²) in [4.78, 5) is 41.6. The largest absolute Gasteiger partial charge is 0.463 e. The Morgan fingerprint density at radius 1 is 1.06 bits per heavy atom. The zero-order valence-corrected chi connectivity index (χ0v) is 18.0. The highest BCUT2D eigenvalue weighted by molar-refractivity contribution is 5.95. The van der Waals surface area contributed by atoms with E-state index in [1.54, 1.807) is 37.3 Å². The van der Waals surface area contributed by atoms with Crippen LogP contribution in [0.3, 0.4) is 0 Å². The number of para-hydroxylation sites is 2. The highest BCUT2D eigenvalue weighted by atomic mass is 16.5. The van der Waals surface area contributed by atoms with E-state index in [4.69, 9.17) is 13.9 Å². The molecule has 0 bridgehead atoms. The third-order valence-corrected chi connectivity index (χ3v) is 5.04. The lowest BCUT2D eigenvalue weighted by molar-refractivity contribution is -0.143.